The molecule has 20 heavy (non-hydrogen) atoms. The Hall–Kier alpha value is -1.92. The van der Waals surface area contributed by atoms with Gasteiger partial charge in [0, 0.05) is 24.0 Å². The average Bonchev–Trinajstić information content (AvgIpc) is 3.01. The summed E-state index contributed by atoms with van der Waals surface area (Å²) in [5.74, 6) is 0. The zero-order valence-electron chi connectivity index (χ0n) is 11.1. The summed E-state index contributed by atoms with van der Waals surface area (Å²) in [6.07, 6.45) is 7.30. The van der Waals surface area contributed by atoms with E-state index in [1.165, 1.54) is 0 Å². The molecule has 0 radical (unpaired) electrons. The van der Waals surface area contributed by atoms with Crippen molar-refractivity contribution in [1.29, 1.82) is 0 Å². The lowest BCUT2D eigenvalue weighted by Crippen LogP contribution is -2.12. The Labute approximate surface area is 120 Å². The van der Waals surface area contributed by atoms with E-state index >= 15 is 0 Å². The van der Waals surface area contributed by atoms with Crippen molar-refractivity contribution in [3.63, 3.8) is 0 Å². The smallest absolute Gasteiger partial charge is 0.126 e. The van der Waals surface area contributed by atoms with Gasteiger partial charge in [0.15, 0.2) is 0 Å². The zero-order chi connectivity index (χ0) is 14.3. The summed E-state index contributed by atoms with van der Waals surface area (Å²) in [5, 5.41) is 19.5. The van der Waals surface area contributed by atoms with E-state index in [1.807, 2.05) is 13.8 Å². The van der Waals surface area contributed by atoms with Crippen LogP contribution in [0.4, 0.5) is 0 Å². The van der Waals surface area contributed by atoms with E-state index in [1.54, 1.807) is 40.2 Å². The molecule has 0 aliphatic heterocycles. The number of aromatic nitrogens is 5. The van der Waals surface area contributed by atoms with Crippen LogP contribution in [0.1, 0.15) is 37.3 Å². The van der Waals surface area contributed by atoms with Crippen LogP contribution in [0.15, 0.2) is 31.0 Å². The summed E-state index contributed by atoms with van der Waals surface area (Å²) in [4.78, 5) is 4.06. The van der Waals surface area contributed by atoms with Crippen molar-refractivity contribution in [2.45, 2.75) is 26.0 Å². The highest BCUT2D eigenvalue weighted by Crippen LogP contribution is 2.31. The minimum absolute atomic E-state index is 0.104. The normalized spacial score (nSPS) is 13.2. The van der Waals surface area contributed by atoms with E-state index in [2.05, 4.69) is 15.2 Å². The summed E-state index contributed by atoms with van der Waals surface area (Å²) >= 11 is 6.17. The van der Waals surface area contributed by atoms with Crippen LogP contribution in [-0.2, 0) is 0 Å². The van der Waals surface area contributed by atoms with Crippen LogP contribution >= 0.6 is 11.6 Å². The van der Waals surface area contributed by atoms with Crippen molar-refractivity contribution in [2.75, 3.05) is 0 Å². The lowest BCUT2D eigenvalue weighted by atomic mass is 10.1. The quantitative estimate of drug-likeness (QED) is 0.803. The molecule has 0 spiro atoms. The molecule has 1 N–H and O–H groups in total. The Kier molecular flexibility index (Phi) is 3.19. The highest BCUT2D eigenvalue weighted by Gasteiger charge is 2.24. The third-order valence-electron chi connectivity index (χ3n) is 3.18. The van der Waals surface area contributed by atoms with Gasteiger partial charge in [-0.05, 0) is 13.8 Å². The topological polar surface area (TPSA) is 68.2 Å². The lowest BCUT2D eigenvalue weighted by molar-refractivity contribution is 0.206. The van der Waals surface area contributed by atoms with E-state index in [4.69, 9.17) is 11.6 Å². The van der Waals surface area contributed by atoms with Crippen molar-refractivity contribution in [1.82, 2.24) is 24.4 Å². The first kappa shape index (κ1) is 13.1. The van der Waals surface area contributed by atoms with Crippen LogP contribution in [0.25, 0.3) is 5.52 Å². The standard InChI is InChI=1S/C13H14ClN5O/c1-8(2)19-12(10(14)6-17-19)13(20)9-5-16-18-4-3-15-7-11(9)18/h3-8,13,20H,1-2H3. The number of aliphatic hydroxyl groups is 1. The maximum atomic E-state index is 10.7. The fraction of sp³-hybridized carbons (Fsp3) is 0.308. The Morgan fingerprint density at radius 3 is 2.75 bits per heavy atom. The molecule has 0 aromatic carbocycles. The Morgan fingerprint density at radius 1 is 1.20 bits per heavy atom. The molecule has 0 amide bonds. The molecule has 7 heteroatoms. The van der Waals surface area contributed by atoms with Crippen LogP contribution in [0, 0.1) is 0 Å². The van der Waals surface area contributed by atoms with Crippen LogP contribution in [0.3, 0.4) is 0 Å². The van der Waals surface area contributed by atoms with Crippen molar-refractivity contribution in [3.8, 4) is 0 Å². The molecule has 3 aromatic heterocycles. The van der Waals surface area contributed by atoms with E-state index < -0.39 is 6.10 Å². The molecular weight excluding hydrogens is 278 g/mol. The largest absolute Gasteiger partial charge is 0.382 e. The van der Waals surface area contributed by atoms with Gasteiger partial charge in [-0.25, -0.2) is 4.52 Å². The summed E-state index contributed by atoms with van der Waals surface area (Å²) < 4.78 is 3.38. The third kappa shape index (κ3) is 1.97. The molecule has 0 aliphatic rings. The Bertz CT molecular complexity index is 748. The highest BCUT2D eigenvalue weighted by molar-refractivity contribution is 6.31. The van der Waals surface area contributed by atoms with Crippen LogP contribution in [0.5, 0.6) is 0 Å². The predicted octanol–water partition coefficient (Wildman–Crippen LogP) is 2.24. The summed E-state index contributed by atoms with van der Waals surface area (Å²) in [7, 11) is 0. The maximum Gasteiger partial charge on any atom is 0.126 e. The predicted molar refractivity (Wildman–Crippen MR) is 74.7 cm³/mol. The monoisotopic (exact) mass is 291 g/mol. The average molecular weight is 292 g/mol. The first-order valence-electron chi connectivity index (χ1n) is 6.27. The molecule has 1 atom stereocenters. The van der Waals surface area contributed by atoms with Gasteiger partial charge in [-0.15, -0.1) is 0 Å². The van der Waals surface area contributed by atoms with Crippen molar-refractivity contribution in [2.24, 2.45) is 0 Å². The molecule has 0 saturated heterocycles. The Morgan fingerprint density at radius 2 is 2.00 bits per heavy atom. The van der Waals surface area contributed by atoms with Gasteiger partial charge in [0.1, 0.15) is 6.10 Å². The minimum Gasteiger partial charge on any atom is -0.382 e. The van der Waals surface area contributed by atoms with Crippen LogP contribution in [-0.4, -0.2) is 29.5 Å². The molecule has 3 heterocycles. The number of rotatable bonds is 3. The van der Waals surface area contributed by atoms with Gasteiger partial charge >= 0.3 is 0 Å². The van der Waals surface area contributed by atoms with Gasteiger partial charge in [-0.3, -0.25) is 9.67 Å². The second-order valence-electron chi connectivity index (χ2n) is 4.82. The number of hydrogen-bond donors (Lipinski definition) is 1. The molecule has 0 bridgehead atoms. The van der Waals surface area contributed by atoms with Gasteiger partial charge in [-0.1, -0.05) is 11.6 Å². The minimum atomic E-state index is -0.894. The van der Waals surface area contributed by atoms with Crippen molar-refractivity contribution in [3.05, 3.63) is 47.3 Å². The van der Waals surface area contributed by atoms with Gasteiger partial charge in [0.25, 0.3) is 0 Å². The van der Waals surface area contributed by atoms with Gasteiger partial charge in [0.2, 0.25) is 0 Å². The van der Waals surface area contributed by atoms with E-state index in [9.17, 15) is 5.11 Å². The number of fused-ring (bicyclic) bond motifs is 1. The second kappa shape index (κ2) is 4.88. The van der Waals surface area contributed by atoms with E-state index in [0.29, 0.717) is 16.3 Å². The van der Waals surface area contributed by atoms with Crippen LogP contribution in [0.2, 0.25) is 5.02 Å². The molecule has 0 saturated carbocycles. The summed E-state index contributed by atoms with van der Waals surface area (Å²) in [6.45, 7) is 3.97. The fourth-order valence-corrected chi connectivity index (χ4v) is 2.46. The van der Waals surface area contributed by atoms with Crippen molar-refractivity contribution >= 4 is 17.1 Å². The number of halogens is 1. The van der Waals surface area contributed by atoms with E-state index in [-0.39, 0.29) is 6.04 Å². The molecule has 1 unspecified atom stereocenters. The SMILES string of the molecule is CC(C)n1ncc(Cl)c1C(O)c1cnn2ccncc12. The first-order valence-corrected chi connectivity index (χ1v) is 6.65. The molecule has 3 rings (SSSR count). The highest BCUT2D eigenvalue weighted by atomic mass is 35.5. The van der Waals surface area contributed by atoms with Crippen LogP contribution < -0.4 is 0 Å². The first-order chi connectivity index (χ1) is 9.59. The summed E-state index contributed by atoms with van der Waals surface area (Å²) in [5.41, 5.74) is 1.97. The van der Waals surface area contributed by atoms with Gasteiger partial charge in [0.05, 0.1) is 34.8 Å². The third-order valence-corrected chi connectivity index (χ3v) is 3.48. The number of aliphatic hydroxyl groups excluding tert-OH is 1. The second-order valence-corrected chi connectivity index (χ2v) is 5.23. The van der Waals surface area contributed by atoms with Gasteiger partial charge in [-0.2, -0.15) is 10.2 Å². The van der Waals surface area contributed by atoms with Crippen molar-refractivity contribution < 1.29 is 5.11 Å². The Balaban J connectivity index is 2.13. The molecule has 3 aromatic rings. The fourth-order valence-electron chi connectivity index (χ4n) is 2.23. The lowest BCUT2D eigenvalue weighted by Gasteiger charge is -2.15. The molecular formula is C13H14ClN5O. The van der Waals surface area contributed by atoms with E-state index in [0.717, 1.165) is 5.52 Å². The molecule has 0 fully saturated rings. The maximum absolute atomic E-state index is 10.7. The number of hydrogen-bond acceptors (Lipinski definition) is 4. The molecule has 6 nitrogen and oxygen atoms in total. The molecule has 0 aliphatic carbocycles. The number of nitrogens with zero attached hydrogens (tertiary/aromatic N) is 5. The molecule has 104 valence electrons. The summed E-state index contributed by atoms with van der Waals surface area (Å²) in [6, 6.07) is 0.104. The van der Waals surface area contributed by atoms with Gasteiger partial charge < -0.3 is 5.11 Å². The zero-order valence-corrected chi connectivity index (χ0v) is 11.9.